The number of esters is 2. The van der Waals surface area contributed by atoms with Crippen molar-refractivity contribution in [2.75, 3.05) is 0 Å². The minimum Gasteiger partial charge on any atom is -0.457 e. The smallest absolute Gasteiger partial charge is 0.331 e. The Bertz CT molecular complexity index is 1060. The second-order valence-electron chi connectivity index (χ2n) is 9.65. The molecule has 0 unspecified atom stereocenters. The molecule has 4 heteroatoms. The monoisotopic (exact) mass is 430 g/mol. The minimum atomic E-state index is -0.554. The average Bonchev–Trinajstić information content (AvgIpc) is 2.67. The van der Waals surface area contributed by atoms with Gasteiger partial charge in [0.25, 0.3) is 0 Å². The molecule has 0 atom stereocenters. The summed E-state index contributed by atoms with van der Waals surface area (Å²) in [5.74, 6) is -0.779. The lowest BCUT2D eigenvalue weighted by atomic mass is 9.91. The molecule has 0 aliphatic heterocycles. The summed E-state index contributed by atoms with van der Waals surface area (Å²) >= 11 is 0. The van der Waals surface area contributed by atoms with E-state index >= 15 is 0 Å². The minimum absolute atomic E-state index is 0.389. The second kappa shape index (κ2) is 8.99. The molecule has 166 valence electrons. The van der Waals surface area contributed by atoms with Gasteiger partial charge in [-0.1, -0.05) is 48.5 Å². The van der Waals surface area contributed by atoms with Crippen LogP contribution in [0.25, 0.3) is 33.7 Å². The summed E-state index contributed by atoms with van der Waals surface area (Å²) in [5, 5.41) is 3.93. The Balaban J connectivity index is 2.15. The summed E-state index contributed by atoms with van der Waals surface area (Å²) in [6.07, 6.45) is 6.55. The fourth-order valence-electron chi connectivity index (χ4n) is 3.53. The third-order valence-electron chi connectivity index (χ3n) is 4.60. The van der Waals surface area contributed by atoms with E-state index in [1.807, 2.05) is 90.1 Å². The van der Waals surface area contributed by atoms with Gasteiger partial charge in [-0.05, 0) is 86.4 Å². The maximum Gasteiger partial charge on any atom is 0.331 e. The van der Waals surface area contributed by atoms with Gasteiger partial charge in [-0.15, -0.1) is 0 Å². The number of fused-ring (bicyclic) bond motifs is 2. The molecule has 3 rings (SSSR count). The largest absolute Gasteiger partial charge is 0.457 e. The van der Waals surface area contributed by atoms with E-state index in [0.717, 1.165) is 32.7 Å². The highest BCUT2D eigenvalue weighted by Gasteiger charge is 2.16. The maximum atomic E-state index is 12.3. The number of ether oxygens (including phenoxy) is 2. The van der Waals surface area contributed by atoms with Gasteiger partial charge in [-0.25, -0.2) is 9.59 Å². The van der Waals surface area contributed by atoms with Crippen LogP contribution in [0.5, 0.6) is 0 Å². The van der Waals surface area contributed by atoms with E-state index in [0.29, 0.717) is 0 Å². The van der Waals surface area contributed by atoms with E-state index in [1.54, 1.807) is 12.2 Å². The molecule has 0 N–H and O–H groups in total. The van der Waals surface area contributed by atoms with E-state index in [9.17, 15) is 9.59 Å². The van der Waals surface area contributed by atoms with Gasteiger partial charge < -0.3 is 9.47 Å². The van der Waals surface area contributed by atoms with Gasteiger partial charge >= 0.3 is 11.9 Å². The Morgan fingerprint density at radius 1 is 0.594 bits per heavy atom. The van der Waals surface area contributed by atoms with E-state index < -0.39 is 11.2 Å². The Kier molecular flexibility index (Phi) is 6.54. The normalized spacial score (nSPS) is 12.7. The van der Waals surface area contributed by atoms with Crippen molar-refractivity contribution < 1.29 is 19.1 Å². The molecule has 0 radical (unpaired) electrons. The lowest BCUT2D eigenvalue weighted by Crippen LogP contribution is -2.22. The van der Waals surface area contributed by atoms with Crippen molar-refractivity contribution in [3.05, 3.63) is 71.8 Å². The van der Waals surface area contributed by atoms with Crippen LogP contribution < -0.4 is 0 Å². The van der Waals surface area contributed by atoms with Gasteiger partial charge in [-0.2, -0.15) is 0 Å². The Morgan fingerprint density at radius 3 is 1.12 bits per heavy atom. The molecule has 4 nitrogen and oxygen atoms in total. The van der Waals surface area contributed by atoms with Crippen LogP contribution in [-0.2, 0) is 19.1 Å². The van der Waals surface area contributed by atoms with Gasteiger partial charge in [0.1, 0.15) is 11.2 Å². The highest BCUT2D eigenvalue weighted by Crippen LogP contribution is 2.34. The summed E-state index contributed by atoms with van der Waals surface area (Å²) in [6.45, 7) is 11.1. The molecule has 0 aliphatic rings. The standard InChI is InChI=1S/C28H30O4/c1-27(2,3)31-25(29)17-15-23-19-11-7-9-13-21(19)24(22-14-10-8-12-20(22)23)16-18-26(30)32-28(4,5)6/h7-18H,1-6H3. The van der Waals surface area contributed by atoms with Crippen molar-refractivity contribution in [3.63, 3.8) is 0 Å². The Morgan fingerprint density at radius 2 is 0.875 bits per heavy atom. The van der Waals surface area contributed by atoms with Crippen LogP contribution in [-0.4, -0.2) is 23.1 Å². The first-order valence-electron chi connectivity index (χ1n) is 10.7. The van der Waals surface area contributed by atoms with Crippen LogP contribution in [0, 0.1) is 0 Å². The van der Waals surface area contributed by atoms with Crippen LogP contribution in [0.3, 0.4) is 0 Å². The molecular weight excluding hydrogens is 400 g/mol. The highest BCUT2D eigenvalue weighted by atomic mass is 16.6. The molecule has 0 aromatic heterocycles. The molecule has 3 aromatic rings. The number of benzene rings is 3. The van der Waals surface area contributed by atoms with Gasteiger partial charge in [0.15, 0.2) is 0 Å². The first-order valence-corrected chi connectivity index (χ1v) is 10.7. The second-order valence-corrected chi connectivity index (χ2v) is 9.65. The summed E-state index contributed by atoms with van der Waals surface area (Å²) in [4.78, 5) is 24.6. The summed E-state index contributed by atoms with van der Waals surface area (Å²) in [5.41, 5.74) is 0.747. The van der Waals surface area contributed by atoms with E-state index in [2.05, 4.69) is 0 Å². The molecule has 0 saturated carbocycles. The number of hydrogen-bond donors (Lipinski definition) is 0. The highest BCUT2D eigenvalue weighted by molar-refractivity contribution is 6.14. The van der Waals surface area contributed by atoms with Crippen molar-refractivity contribution >= 4 is 45.6 Å². The number of rotatable bonds is 4. The van der Waals surface area contributed by atoms with Crippen LogP contribution in [0.1, 0.15) is 52.7 Å². The van der Waals surface area contributed by atoms with Crippen LogP contribution in [0.15, 0.2) is 60.7 Å². The predicted octanol–water partition coefficient (Wildman–Crippen LogP) is 6.70. The van der Waals surface area contributed by atoms with Gasteiger partial charge in [0.2, 0.25) is 0 Å². The SMILES string of the molecule is CC(C)(C)OC(=O)C=Cc1c2ccccc2c(C=CC(=O)OC(C)(C)C)c2ccccc12. The molecule has 0 aliphatic carbocycles. The zero-order chi connectivity index (χ0) is 23.5. The van der Waals surface area contributed by atoms with Gasteiger partial charge in [0, 0.05) is 12.2 Å². The maximum absolute atomic E-state index is 12.3. The molecule has 0 amide bonds. The number of carbonyl (C=O) groups is 2. The van der Waals surface area contributed by atoms with Gasteiger partial charge in [-0.3, -0.25) is 0 Å². The summed E-state index contributed by atoms with van der Waals surface area (Å²) in [6, 6.07) is 15.9. The average molecular weight is 431 g/mol. The van der Waals surface area contributed by atoms with E-state index in [-0.39, 0.29) is 11.9 Å². The van der Waals surface area contributed by atoms with Crippen LogP contribution in [0.2, 0.25) is 0 Å². The summed E-state index contributed by atoms with van der Waals surface area (Å²) in [7, 11) is 0. The molecule has 0 saturated heterocycles. The number of hydrogen-bond acceptors (Lipinski definition) is 4. The number of carbonyl (C=O) groups excluding carboxylic acids is 2. The van der Waals surface area contributed by atoms with E-state index in [4.69, 9.17) is 9.47 Å². The summed E-state index contributed by atoms with van der Waals surface area (Å²) < 4.78 is 10.8. The lowest BCUT2D eigenvalue weighted by Gasteiger charge is -2.18. The zero-order valence-corrected chi connectivity index (χ0v) is 19.6. The van der Waals surface area contributed by atoms with Crippen molar-refractivity contribution in [1.82, 2.24) is 0 Å². The van der Waals surface area contributed by atoms with Crippen molar-refractivity contribution in [2.24, 2.45) is 0 Å². The fourth-order valence-corrected chi connectivity index (χ4v) is 3.53. The first-order chi connectivity index (χ1) is 14.9. The molecule has 0 bridgehead atoms. The van der Waals surface area contributed by atoms with E-state index in [1.165, 1.54) is 12.2 Å². The Hall–Kier alpha value is -3.40. The molecule has 32 heavy (non-hydrogen) atoms. The van der Waals surface area contributed by atoms with Crippen molar-refractivity contribution in [1.29, 1.82) is 0 Å². The topological polar surface area (TPSA) is 52.6 Å². The molecule has 0 spiro atoms. The lowest BCUT2D eigenvalue weighted by molar-refractivity contribution is -0.149. The van der Waals surface area contributed by atoms with Crippen molar-refractivity contribution in [3.8, 4) is 0 Å². The third kappa shape index (κ3) is 5.85. The zero-order valence-electron chi connectivity index (χ0n) is 19.6. The first kappa shape index (κ1) is 23.3. The van der Waals surface area contributed by atoms with Crippen LogP contribution in [0.4, 0.5) is 0 Å². The fraction of sp³-hybridized carbons (Fsp3) is 0.286. The van der Waals surface area contributed by atoms with Gasteiger partial charge in [0.05, 0.1) is 0 Å². The van der Waals surface area contributed by atoms with Crippen molar-refractivity contribution in [2.45, 2.75) is 52.7 Å². The quantitative estimate of drug-likeness (QED) is 0.262. The predicted molar refractivity (Wildman–Crippen MR) is 131 cm³/mol. The third-order valence-corrected chi connectivity index (χ3v) is 4.60. The molecule has 3 aromatic carbocycles. The molecule has 0 heterocycles. The molecule has 0 fully saturated rings. The molecular formula is C28H30O4. The van der Waals surface area contributed by atoms with Crippen LogP contribution >= 0.6 is 0 Å². The Labute approximate surface area is 189 Å².